The Labute approximate surface area is 163 Å². The lowest BCUT2D eigenvalue weighted by Crippen LogP contribution is -2.27. The predicted molar refractivity (Wildman–Crippen MR) is 102 cm³/mol. The number of fused-ring (bicyclic) bond motifs is 1. The van der Waals surface area contributed by atoms with Crippen LogP contribution in [0.25, 0.3) is 11.0 Å². The molecular weight excluding hydrogens is 393 g/mol. The maximum atomic E-state index is 12.3. The summed E-state index contributed by atoms with van der Waals surface area (Å²) in [7, 11) is 0. The van der Waals surface area contributed by atoms with E-state index in [9.17, 15) is 14.4 Å². The van der Waals surface area contributed by atoms with Crippen LogP contribution in [0, 0.1) is 0 Å². The smallest absolute Gasteiger partial charge is 0.349 e. The van der Waals surface area contributed by atoms with E-state index in [2.05, 4.69) is 5.32 Å². The highest BCUT2D eigenvalue weighted by Crippen LogP contribution is 2.25. The van der Waals surface area contributed by atoms with Gasteiger partial charge in [0.25, 0.3) is 5.91 Å². The first kappa shape index (κ1) is 18.9. The number of benzene rings is 2. The van der Waals surface area contributed by atoms with Gasteiger partial charge in [0, 0.05) is 23.0 Å². The molecule has 0 aliphatic rings. The quantitative estimate of drug-likeness (QED) is 0.401. The zero-order chi connectivity index (χ0) is 19.6. The van der Waals surface area contributed by atoms with Gasteiger partial charge in [0.1, 0.15) is 16.9 Å². The molecule has 0 aliphatic heterocycles. The molecule has 3 rings (SSSR count). The van der Waals surface area contributed by atoms with E-state index in [1.165, 1.54) is 36.4 Å². The summed E-state index contributed by atoms with van der Waals surface area (Å²) in [5, 5.41) is 3.61. The molecule has 0 atom stereocenters. The van der Waals surface area contributed by atoms with Gasteiger partial charge in [-0.2, -0.15) is 0 Å². The van der Waals surface area contributed by atoms with E-state index in [-0.39, 0.29) is 27.5 Å². The zero-order valence-corrected chi connectivity index (χ0v) is 15.6. The molecule has 0 aliphatic carbocycles. The summed E-state index contributed by atoms with van der Waals surface area (Å²) >= 11 is 11.8. The van der Waals surface area contributed by atoms with Crippen LogP contribution in [0.5, 0.6) is 5.75 Å². The van der Waals surface area contributed by atoms with Gasteiger partial charge in [-0.15, -0.1) is 0 Å². The third kappa shape index (κ3) is 4.13. The van der Waals surface area contributed by atoms with E-state index in [1.54, 1.807) is 13.0 Å². The highest BCUT2D eigenvalue weighted by atomic mass is 35.5. The summed E-state index contributed by atoms with van der Waals surface area (Å²) in [5.74, 6) is -1.04. The third-order valence-corrected chi connectivity index (χ3v) is 4.20. The van der Waals surface area contributed by atoms with Gasteiger partial charge in [-0.25, -0.2) is 9.59 Å². The molecule has 0 radical (unpaired) electrons. The van der Waals surface area contributed by atoms with E-state index >= 15 is 0 Å². The van der Waals surface area contributed by atoms with Crippen LogP contribution in [0.3, 0.4) is 0 Å². The van der Waals surface area contributed by atoms with Crippen LogP contribution in [0.15, 0.2) is 51.7 Å². The lowest BCUT2D eigenvalue weighted by atomic mass is 10.1. The van der Waals surface area contributed by atoms with E-state index in [0.29, 0.717) is 17.0 Å². The maximum absolute atomic E-state index is 12.3. The molecule has 0 saturated carbocycles. The molecule has 27 heavy (non-hydrogen) atoms. The van der Waals surface area contributed by atoms with Gasteiger partial charge in [0.2, 0.25) is 0 Å². The molecule has 3 aromatic rings. The molecule has 1 N–H and O–H groups in total. The second-order valence-corrected chi connectivity index (χ2v) is 6.36. The summed E-state index contributed by atoms with van der Waals surface area (Å²) in [6.45, 7) is 2.13. The van der Waals surface area contributed by atoms with Gasteiger partial charge in [0.05, 0.1) is 10.6 Å². The van der Waals surface area contributed by atoms with Crippen molar-refractivity contribution in [3.8, 4) is 5.75 Å². The van der Waals surface area contributed by atoms with Gasteiger partial charge < -0.3 is 14.5 Å². The molecule has 0 saturated heterocycles. The van der Waals surface area contributed by atoms with E-state index in [0.717, 1.165) is 0 Å². The van der Waals surface area contributed by atoms with Crippen LogP contribution in [0.2, 0.25) is 10.0 Å². The van der Waals surface area contributed by atoms with Crippen molar-refractivity contribution in [2.75, 3.05) is 6.54 Å². The SMILES string of the molecule is CCNC(=O)c1cc2ccc(OC(=O)c3ccc(Cl)cc3Cl)cc2oc1=O. The van der Waals surface area contributed by atoms with Gasteiger partial charge in [-0.3, -0.25) is 4.79 Å². The van der Waals surface area contributed by atoms with Gasteiger partial charge in [0.15, 0.2) is 0 Å². The van der Waals surface area contributed by atoms with Crippen LogP contribution in [0.1, 0.15) is 27.6 Å². The highest BCUT2D eigenvalue weighted by molar-refractivity contribution is 6.36. The third-order valence-electron chi connectivity index (χ3n) is 3.65. The minimum absolute atomic E-state index is 0.0953. The largest absolute Gasteiger partial charge is 0.423 e. The fourth-order valence-electron chi connectivity index (χ4n) is 2.39. The Kier molecular flexibility index (Phi) is 5.48. The minimum Gasteiger partial charge on any atom is -0.423 e. The number of esters is 1. The molecule has 0 unspecified atom stereocenters. The van der Waals surface area contributed by atoms with E-state index in [4.69, 9.17) is 32.4 Å². The van der Waals surface area contributed by atoms with Crippen molar-refractivity contribution in [2.24, 2.45) is 0 Å². The molecule has 2 aromatic carbocycles. The first-order chi connectivity index (χ1) is 12.9. The standard InChI is InChI=1S/C19H13Cl2NO5/c1-2-22-17(23)14-7-10-3-5-12(9-16(10)27-19(14)25)26-18(24)13-6-4-11(20)8-15(13)21/h3-9H,2H2,1H3,(H,22,23). The highest BCUT2D eigenvalue weighted by Gasteiger charge is 2.16. The Bertz CT molecular complexity index is 1110. The minimum atomic E-state index is -0.780. The van der Waals surface area contributed by atoms with Crippen LogP contribution < -0.4 is 15.7 Å². The number of carbonyl (C=O) groups excluding carboxylic acids is 2. The molecule has 1 amide bonds. The average Bonchev–Trinajstić information content (AvgIpc) is 2.61. The van der Waals surface area contributed by atoms with Crippen molar-refractivity contribution in [3.05, 3.63) is 74.1 Å². The van der Waals surface area contributed by atoms with Crippen LogP contribution in [-0.2, 0) is 0 Å². The normalized spacial score (nSPS) is 10.6. The van der Waals surface area contributed by atoms with Crippen molar-refractivity contribution in [1.29, 1.82) is 0 Å². The molecule has 138 valence electrons. The Morgan fingerprint density at radius 1 is 1.07 bits per heavy atom. The molecule has 1 heterocycles. The molecule has 6 nitrogen and oxygen atoms in total. The fourth-order valence-corrected chi connectivity index (χ4v) is 2.87. The Morgan fingerprint density at radius 3 is 2.56 bits per heavy atom. The first-order valence-electron chi connectivity index (χ1n) is 7.92. The van der Waals surface area contributed by atoms with Gasteiger partial charge in [-0.05, 0) is 43.3 Å². The second-order valence-electron chi connectivity index (χ2n) is 5.52. The van der Waals surface area contributed by atoms with Crippen molar-refractivity contribution in [3.63, 3.8) is 0 Å². The van der Waals surface area contributed by atoms with Crippen LogP contribution in [-0.4, -0.2) is 18.4 Å². The Balaban J connectivity index is 1.90. The van der Waals surface area contributed by atoms with Gasteiger partial charge in [-0.1, -0.05) is 23.2 Å². The first-order valence-corrected chi connectivity index (χ1v) is 8.68. The zero-order valence-electron chi connectivity index (χ0n) is 14.0. The lowest BCUT2D eigenvalue weighted by molar-refractivity contribution is 0.0735. The number of hydrogen-bond acceptors (Lipinski definition) is 5. The molecule has 8 heteroatoms. The van der Waals surface area contributed by atoms with Gasteiger partial charge >= 0.3 is 11.6 Å². The monoisotopic (exact) mass is 405 g/mol. The topological polar surface area (TPSA) is 85.6 Å². The fraction of sp³-hybridized carbons (Fsp3) is 0.105. The number of nitrogens with one attached hydrogen (secondary N) is 1. The summed E-state index contributed by atoms with van der Waals surface area (Å²) in [6.07, 6.45) is 0. The van der Waals surface area contributed by atoms with Crippen molar-refractivity contribution >= 4 is 46.0 Å². The summed E-state index contributed by atoms with van der Waals surface area (Å²) < 4.78 is 10.5. The predicted octanol–water partition coefficient (Wildman–Crippen LogP) is 4.07. The molecule has 1 aromatic heterocycles. The Hall–Kier alpha value is -2.83. The second kappa shape index (κ2) is 7.82. The summed E-state index contributed by atoms with van der Waals surface area (Å²) in [4.78, 5) is 36.2. The lowest BCUT2D eigenvalue weighted by Gasteiger charge is -2.07. The summed E-state index contributed by atoms with van der Waals surface area (Å²) in [5.41, 5.74) is -0.547. The number of amides is 1. The van der Waals surface area contributed by atoms with Crippen molar-refractivity contribution in [1.82, 2.24) is 5.32 Å². The maximum Gasteiger partial charge on any atom is 0.349 e. The van der Waals surface area contributed by atoms with E-state index < -0.39 is 17.5 Å². The molecule has 0 bridgehead atoms. The number of ether oxygens (including phenoxy) is 1. The summed E-state index contributed by atoms with van der Waals surface area (Å²) in [6, 6.07) is 10.3. The number of carbonyl (C=O) groups is 2. The molecule has 0 fully saturated rings. The van der Waals surface area contributed by atoms with E-state index in [1.807, 2.05) is 0 Å². The number of hydrogen-bond donors (Lipinski definition) is 1. The van der Waals surface area contributed by atoms with Crippen LogP contribution >= 0.6 is 23.2 Å². The molecule has 0 spiro atoms. The Morgan fingerprint density at radius 2 is 1.85 bits per heavy atom. The average molecular weight is 406 g/mol. The number of halogens is 2. The molecular formula is C19H13Cl2NO5. The number of rotatable bonds is 4. The van der Waals surface area contributed by atoms with Crippen molar-refractivity contribution in [2.45, 2.75) is 6.92 Å². The van der Waals surface area contributed by atoms with Crippen molar-refractivity contribution < 1.29 is 18.7 Å². The van der Waals surface area contributed by atoms with Crippen LogP contribution in [0.4, 0.5) is 0 Å².